The Kier molecular flexibility index (Phi) is 8.39. The van der Waals surface area contributed by atoms with E-state index in [9.17, 15) is 15.2 Å². The van der Waals surface area contributed by atoms with Gasteiger partial charge in [-0.1, -0.05) is 115 Å². The number of fused-ring (bicyclic) bond motifs is 8. The fourth-order valence-corrected chi connectivity index (χ4v) is 7.44. The first-order valence-corrected chi connectivity index (χ1v) is 17.9. The second kappa shape index (κ2) is 14.0. The van der Waals surface area contributed by atoms with Gasteiger partial charge in [-0.3, -0.25) is 0 Å². The molecule has 1 aliphatic heterocycles. The number of hydrogen-bond acceptors (Lipinski definition) is 2. The van der Waals surface area contributed by atoms with Crippen LogP contribution in [-0.2, 0) is 4.79 Å². The van der Waals surface area contributed by atoms with Gasteiger partial charge in [0.25, 0.3) is 0 Å². The van der Waals surface area contributed by atoms with Crippen molar-refractivity contribution in [2.24, 2.45) is 0 Å². The van der Waals surface area contributed by atoms with Gasteiger partial charge in [-0.05, 0) is 82.4 Å². The lowest BCUT2D eigenvalue weighted by Crippen LogP contribution is -2.19. The van der Waals surface area contributed by atoms with E-state index < -0.39 is 5.97 Å². The van der Waals surface area contributed by atoms with E-state index in [4.69, 9.17) is 0 Å². The SMILES string of the molecule is N#CC(=Cc1ccc(C2=c3ccc([nH]3)=C(c3ccccc3)c3ccc([nH]3)C(c3ccccc3)=c3ccc([nH]3)=C(c3ccccc3)c3ccc2[nH]3)cc1)C(=O)O. The number of aromatic amines is 4. The van der Waals surface area contributed by atoms with Crippen LogP contribution in [0.25, 0.3) is 28.4 Å². The Hall–Kier alpha value is -7.82. The quantitative estimate of drug-likeness (QED) is 0.103. The molecular formula is C48H33N5O2. The van der Waals surface area contributed by atoms with Crippen molar-refractivity contribution in [1.82, 2.24) is 19.9 Å². The molecule has 262 valence electrons. The Morgan fingerprint density at radius 3 is 1.07 bits per heavy atom. The first-order chi connectivity index (χ1) is 27.0. The van der Waals surface area contributed by atoms with Gasteiger partial charge in [-0.15, -0.1) is 0 Å². The van der Waals surface area contributed by atoms with E-state index >= 15 is 0 Å². The molecule has 0 aliphatic carbocycles. The van der Waals surface area contributed by atoms with E-state index in [1.165, 1.54) is 6.08 Å². The molecule has 4 aromatic heterocycles. The van der Waals surface area contributed by atoms with E-state index in [1.807, 2.05) is 66.7 Å². The number of hydrogen-bond donors (Lipinski definition) is 5. The predicted octanol–water partition coefficient (Wildman–Crippen LogP) is 6.29. The molecule has 0 amide bonds. The number of rotatable bonds is 6. The second-order valence-electron chi connectivity index (χ2n) is 13.3. The molecule has 7 heteroatoms. The van der Waals surface area contributed by atoms with Gasteiger partial charge >= 0.3 is 5.97 Å². The average molecular weight is 712 g/mol. The van der Waals surface area contributed by atoms with Gasteiger partial charge in [0.15, 0.2) is 0 Å². The maximum atomic E-state index is 11.6. The van der Waals surface area contributed by atoms with Gasteiger partial charge < -0.3 is 25.0 Å². The van der Waals surface area contributed by atoms with Crippen LogP contribution in [0.5, 0.6) is 0 Å². The summed E-state index contributed by atoms with van der Waals surface area (Å²) in [6.07, 6.45) is 1.38. The van der Waals surface area contributed by atoms with Crippen LogP contribution in [-0.4, -0.2) is 31.0 Å². The third kappa shape index (κ3) is 6.24. The van der Waals surface area contributed by atoms with Crippen molar-refractivity contribution in [3.63, 3.8) is 0 Å². The number of aliphatic carboxylic acids is 1. The van der Waals surface area contributed by atoms with Crippen molar-refractivity contribution in [1.29, 1.82) is 5.26 Å². The summed E-state index contributed by atoms with van der Waals surface area (Å²) in [6.45, 7) is 0. The monoisotopic (exact) mass is 711 g/mol. The molecule has 0 spiro atoms. The summed E-state index contributed by atoms with van der Waals surface area (Å²) in [7, 11) is 0. The van der Waals surface area contributed by atoms with Crippen molar-refractivity contribution < 1.29 is 9.90 Å². The number of benzene rings is 4. The molecule has 8 bridgehead atoms. The van der Waals surface area contributed by atoms with Crippen LogP contribution in [0.15, 0.2) is 169 Å². The molecular weight excluding hydrogens is 679 g/mol. The smallest absolute Gasteiger partial charge is 0.346 e. The van der Waals surface area contributed by atoms with Crippen LogP contribution in [0.2, 0.25) is 0 Å². The van der Waals surface area contributed by atoms with Gasteiger partial charge in [-0.2, -0.15) is 5.26 Å². The molecule has 5 N–H and O–H groups in total. The lowest BCUT2D eigenvalue weighted by molar-refractivity contribution is -0.132. The molecule has 7 nitrogen and oxygen atoms in total. The number of nitriles is 1. The van der Waals surface area contributed by atoms with Gasteiger partial charge in [0.05, 0.1) is 0 Å². The molecule has 4 aromatic carbocycles. The molecule has 1 aliphatic rings. The largest absolute Gasteiger partial charge is 0.477 e. The zero-order valence-electron chi connectivity index (χ0n) is 29.5. The first kappa shape index (κ1) is 33.0. The molecule has 9 rings (SSSR count). The molecule has 0 radical (unpaired) electrons. The summed E-state index contributed by atoms with van der Waals surface area (Å²) in [5, 5.41) is 22.6. The molecule has 55 heavy (non-hydrogen) atoms. The zero-order chi connectivity index (χ0) is 37.3. The highest BCUT2D eigenvalue weighted by atomic mass is 16.4. The van der Waals surface area contributed by atoms with Crippen LogP contribution < -0.4 is 21.4 Å². The van der Waals surface area contributed by atoms with Crippen LogP contribution >= 0.6 is 0 Å². The zero-order valence-corrected chi connectivity index (χ0v) is 29.5. The highest BCUT2D eigenvalue weighted by Gasteiger charge is 2.18. The van der Waals surface area contributed by atoms with Crippen LogP contribution in [0, 0.1) is 11.3 Å². The summed E-state index contributed by atoms with van der Waals surface area (Å²) >= 11 is 0. The Balaban J connectivity index is 1.38. The highest BCUT2D eigenvalue weighted by Crippen LogP contribution is 2.28. The lowest BCUT2D eigenvalue weighted by Gasteiger charge is -2.10. The number of H-pyrrole nitrogens is 4. The molecule has 0 saturated heterocycles. The summed E-state index contributed by atoms with van der Waals surface area (Å²) < 4.78 is 0. The van der Waals surface area contributed by atoms with Crippen LogP contribution in [0.3, 0.4) is 0 Å². The number of carbonyl (C=O) groups is 1. The van der Waals surface area contributed by atoms with Crippen molar-refractivity contribution in [2.45, 2.75) is 0 Å². The summed E-state index contributed by atoms with van der Waals surface area (Å²) in [5.41, 5.74) is 12.2. The van der Waals surface area contributed by atoms with E-state index in [2.05, 4.69) is 117 Å². The minimum absolute atomic E-state index is 0.325. The number of aromatic nitrogens is 4. The third-order valence-electron chi connectivity index (χ3n) is 9.95. The van der Waals surface area contributed by atoms with E-state index in [-0.39, 0.29) is 5.57 Å². The summed E-state index contributed by atoms with van der Waals surface area (Å²) in [5.74, 6) is -1.26. The third-order valence-corrected chi connectivity index (χ3v) is 9.95. The fourth-order valence-electron chi connectivity index (χ4n) is 7.44. The Labute approximate surface area is 315 Å². The van der Waals surface area contributed by atoms with E-state index in [0.29, 0.717) is 5.56 Å². The maximum absolute atomic E-state index is 11.6. The second-order valence-corrected chi connectivity index (χ2v) is 13.3. The molecule has 0 saturated carbocycles. The standard InChI is InChI=1S/C48H33N5O2/c49-29-35(48(54)55)28-30-16-18-34(19-17-30)47-42-26-24-40(52-42)45(32-12-6-2-7-13-32)38-22-20-36(50-38)44(31-10-4-1-5-11-31)37-21-23-39(51-37)46(33-14-8-3-9-15-33)41-25-27-43(47)53-41/h1-28,50-53H,(H,54,55). The fraction of sp³-hybridized carbons (Fsp3) is 0. The number of nitrogens with zero attached hydrogens (tertiary/aromatic N) is 1. The average Bonchev–Trinajstić information content (AvgIpc) is 4.07. The summed E-state index contributed by atoms with van der Waals surface area (Å²) in [6, 6.07) is 57.5. The number of nitrogens with one attached hydrogen (secondary N) is 4. The highest BCUT2D eigenvalue weighted by molar-refractivity contribution is 5.96. The van der Waals surface area contributed by atoms with Crippen molar-refractivity contribution in [3.8, 4) is 6.07 Å². The van der Waals surface area contributed by atoms with Crippen molar-refractivity contribution >= 4 is 34.3 Å². The number of carboxylic acid groups (broad SMARTS) is 1. The molecule has 8 aromatic rings. The van der Waals surface area contributed by atoms with Crippen molar-refractivity contribution in [2.75, 3.05) is 0 Å². The minimum atomic E-state index is -1.26. The van der Waals surface area contributed by atoms with E-state index in [1.54, 1.807) is 6.07 Å². The van der Waals surface area contributed by atoms with Crippen molar-refractivity contribution in [3.05, 3.63) is 241 Å². The first-order valence-electron chi connectivity index (χ1n) is 17.9. The van der Waals surface area contributed by atoms with Crippen LogP contribution in [0.1, 0.15) is 50.6 Å². The molecule has 5 heterocycles. The predicted molar refractivity (Wildman–Crippen MR) is 215 cm³/mol. The van der Waals surface area contributed by atoms with Crippen LogP contribution in [0.4, 0.5) is 0 Å². The Bertz CT molecular complexity index is 3040. The Morgan fingerprint density at radius 1 is 0.436 bits per heavy atom. The molecule has 0 unspecified atom stereocenters. The maximum Gasteiger partial charge on any atom is 0.346 e. The van der Waals surface area contributed by atoms with Gasteiger partial charge in [0, 0.05) is 66.5 Å². The van der Waals surface area contributed by atoms with E-state index in [0.717, 1.165) is 88.7 Å². The normalized spacial score (nSPS) is 12.8. The van der Waals surface area contributed by atoms with Gasteiger partial charge in [0.2, 0.25) is 0 Å². The van der Waals surface area contributed by atoms with Gasteiger partial charge in [0.1, 0.15) is 11.6 Å². The number of carboxylic acids is 1. The van der Waals surface area contributed by atoms with Gasteiger partial charge in [-0.25, -0.2) is 4.79 Å². The minimum Gasteiger partial charge on any atom is -0.477 e. The Morgan fingerprint density at radius 2 is 0.764 bits per heavy atom. The topological polar surface area (TPSA) is 124 Å². The molecule has 0 atom stereocenters. The molecule has 0 fully saturated rings. The summed E-state index contributed by atoms with van der Waals surface area (Å²) in [4.78, 5) is 26.7. The lowest BCUT2D eigenvalue weighted by atomic mass is 10.0.